The van der Waals surface area contributed by atoms with Gasteiger partial charge in [-0.25, -0.2) is 4.79 Å². The molecule has 4 aliphatic rings. The summed E-state index contributed by atoms with van der Waals surface area (Å²) in [6.07, 6.45) is 3.06. The smallest absolute Gasteiger partial charge is 0.337 e. The molecule has 0 bridgehead atoms. The Morgan fingerprint density at radius 2 is 1.75 bits per heavy atom. The number of carbonyl (C=O) groups is 1. The van der Waals surface area contributed by atoms with Crippen molar-refractivity contribution >= 4 is 22.6 Å². The molecular weight excluding hydrogens is 648 g/mol. The number of aromatic amines is 1. The van der Waals surface area contributed by atoms with Crippen molar-refractivity contribution < 1.29 is 34.3 Å². The number of ether oxygens (including phenoxy) is 3. The van der Waals surface area contributed by atoms with Gasteiger partial charge in [0.2, 0.25) is 0 Å². The van der Waals surface area contributed by atoms with Gasteiger partial charge < -0.3 is 39.4 Å². The summed E-state index contributed by atoms with van der Waals surface area (Å²) in [5.41, 5.74) is 6.38. The zero-order valence-electron chi connectivity index (χ0n) is 29.5. The van der Waals surface area contributed by atoms with Gasteiger partial charge in [0, 0.05) is 74.2 Å². The van der Waals surface area contributed by atoms with Crippen LogP contribution in [-0.4, -0.2) is 102 Å². The summed E-state index contributed by atoms with van der Waals surface area (Å²) < 4.78 is 16.2. The minimum absolute atomic E-state index is 0.124. The number of hydrogen-bond acceptors (Lipinski definition) is 10. The summed E-state index contributed by atoms with van der Waals surface area (Å²) >= 11 is 0. The number of aromatic hydroxyl groups is 2. The Bertz CT molecular complexity index is 1880. The van der Waals surface area contributed by atoms with Gasteiger partial charge in [0.15, 0.2) is 11.5 Å². The molecule has 2 saturated heterocycles. The summed E-state index contributed by atoms with van der Waals surface area (Å²) in [6.45, 7) is 8.00. The average molecular weight is 697 g/mol. The van der Waals surface area contributed by atoms with Crippen LogP contribution in [0.15, 0.2) is 78.6 Å². The molecule has 0 spiro atoms. The lowest BCUT2D eigenvalue weighted by Crippen LogP contribution is -2.51. The number of fused-ring (bicyclic) bond motifs is 6. The van der Waals surface area contributed by atoms with Crippen molar-refractivity contribution in [2.24, 2.45) is 11.8 Å². The van der Waals surface area contributed by atoms with Gasteiger partial charge in [-0.15, -0.1) is 0 Å². The van der Waals surface area contributed by atoms with Crippen LogP contribution in [0.4, 0.5) is 5.69 Å². The van der Waals surface area contributed by atoms with Crippen LogP contribution >= 0.6 is 0 Å². The van der Waals surface area contributed by atoms with E-state index in [9.17, 15) is 20.1 Å². The van der Waals surface area contributed by atoms with Crippen LogP contribution in [0, 0.1) is 11.8 Å². The van der Waals surface area contributed by atoms with Crippen LogP contribution in [0.5, 0.6) is 17.2 Å². The van der Waals surface area contributed by atoms with Crippen LogP contribution in [0.25, 0.3) is 10.9 Å². The number of aliphatic hydroxyl groups is 1. The minimum atomic E-state index is -0.704. The number of H-pyrrole nitrogens is 1. The van der Waals surface area contributed by atoms with E-state index < -0.39 is 6.10 Å². The number of esters is 1. The molecule has 1 aromatic heterocycles. The Morgan fingerprint density at radius 1 is 0.980 bits per heavy atom. The molecule has 4 N–H and O–H groups in total. The lowest BCUT2D eigenvalue weighted by molar-refractivity contribution is -0.139. The minimum Gasteiger partial charge on any atom is -0.504 e. The average Bonchev–Trinajstić information content (AvgIpc) is 3.55. The molecule has 2 fully saturated rings. The van der Waals surface area contributed by atoms with Gasteiger partial charge in [-0.3, -0.25) is 9.80 Å². The number of piperazine rings is 1. The Kier molecular flexibility index (Phi) is 10.1. The fourth-order valence-electron chi connectivity index (χ4n) is 8.35. The van der Waals surface area contributed by atoms with Crippen LogP contribution in [0.2, 0.25) is 0 Å². The van der Waals surface area contributed by atoms with Crippen molar-refractivity contribution in [2.45, 2.75) is 38.0 Å². The highest BCUT2D eigenvalue weighted by Gasteiger charge is 2.47. The molecular formula is C40H48N4O7. The first-order valence-electron chi connectivity index (χ1n) is 17.8. The van der Waals surface area contributed by atoms with E-state index in [0.29, 0.717) is 29.6 Å². The van der Waals surface area contributed by atoms with Gasteiger partial charge in [0.1, 0.15) is 5.75 Å². The largest absolute Gasteiger partial charge is 0.504 e. The summed E-state index contributed by atoms with van der Waals surface area (Å²) in [4.78, 5) is 23.0. The molecule has 0 aliphatic carbocycles. The normalized spacial score (nSPS) is 23.8. The molecule has 0 amide bonds. The van der Waals surface area contributed by atoms with Crippen molar-refractivity contribution in [1.82, 2.24) is 14.8 Å². The Labute approximate surface area is 298 Å². The van der Waals surface area contributed by atoms with Crippen molar-refractivity contribution in [2.75, 3.05) is 64.9 Å². The predicted octanol–water partition coefficient (Wildman–Crippen LogP) is 5.14. The number of phenolic OH excluding ortho intramolecular Hbond substituents is 2. The quantitative estimate of drug-likeness (QED) is 0.159. The number of hydrogen-bond donors (Lipinski definition) is 4. The topological polar surface area (TPSA) is 131 Å². The molecule has 0 saturated carbocycles. The standard InChI is InChI=1S/C21H24N2O3.C19H24N2O4/c1-12-16-10-23-8-7-14-13-5-3-4-6-18(13)22-20(14)19(23)9-15(16)17(11-26-12)21(24)25-2;1-25-19-5-3-2-4-15(19)21-10-8-20(9-11-21)13-18(24)14-6-7-16(22)17(23)12-14/h3-6,11-12,15-16,19,22H,7-10H2,1-2H3;2-7,12,18,22-24H,8-11,13H2,1H3/t12-,15-,16+,19-;/m0./s1. The van der Waals surface area contributed by atoms with E-state index >= 15 is 0 Å². The third-order valence-electron chi connectivity index (χ3n) is 11.2. The Hall–Kier alpha value is -4.71. The lowest BCUT2D eigenvalue weighted by Gasteiger charge is -2.49. The number of methoxy groups -OCH3 is 2. The summed E-state index contributed by atoms with van der Waals surface area (Å²) in [5, 5.41) is 30.7. The van der Waals surface area contributed by atoms with E-state index in [0.717, 1.165) is 63.5 Å². The van der Waals surface area contributed by atoms with Gasteiger partial charge >= 0.3 is 5.97 Å². The number of phenols is 2. The van der Waals surface area contributed by atoms with Crippen molar-refractivity contribution in [3.05, 3.63) is 95.4 Å². The van der Waals surface area contributed by atoms with E-state index in [1.807, 2.05) is 18.2 Å². The SMILES string of the molecule is COC(=O)C1=CO[C@@H](C)[C@H]2CN3CCc4c([nH]c5ccccc45)[C@@H]3C[C@H]12.COc1ccccc1N1CCN(CC(O)c2ccc(O)c(O)c2)CC1. The van der Waals surface area contributed by atoms with Gasteiger partial charge in [-0.1, -0.05) is 36.4 Å². The van der Waals surface area contributed by atoms with Gasteiger partial charge in [-0.2, -0.15) is 0 Å². The second-order valence-electron chi connectivity index (χ2n) is 14.0. The van der Waals surface area contributed by atoms with Crippen LogP contribution in [0.1, 0.15) is 42.3 Å². The zero-order chi connectivity index (χ0) is 35.6. The Morgan fingerprint density at radius 3 is 2.51 bits per heavy atom. The molecule has 11 nitrogen and oxygen atoms in total. The number of rotatable bonds is 6. The van der Waals surface area contributed by atoms with E-state index in [1.54, 1.807) is 19.4 Å². The number of nitrogens with one attached hydrogen (secondary N) is 1. The maximum atomic E-state index is 12.3. The molecule has 4 aliphatic heterocycles. The van der Waals surface area contributed by atoms with Gasteiger partial charge in [0.05, 0.1) is 50.0 Å². The summed E-state index contributed by atoms with van der Waals surface area (Å²) in [5.74, 6) is 0.739. The van der Waals surface area contributed by atoms with E-state index in [4.69, 9.17) is 14.2 Å². The highest BCUT2D eigenvalue weighted by atomic mass is 16.5. The number of aromatic nitrogens is 1. The molecule has 5 heterocycles. The van der Waals surface area contributed by atoms with E-state index in [2.05, 4.69) is 56.9 Å². The first-order valence-corrected chi connectivity index (χ1v) is 17.8. The van der Waals surface area contributed by atoms with Crippen LogP contribution < -0.4 is 9.64 Å². The lowest BCUT2D eigenvalue weighted by atomic mass is 9.72. The maximum Gasteiger partial charge on any atom is 0.337 e. The molecule has 1 unspecified atom stereocenters. The molecule has 8 rings (SSSR count). The number of carbonyl (C=O) groups excluding carboxylic acids is 1. The van der Waals surface area contributed by atoms with Crippen LogP contribution in [-0.2, 0) is 20.7 Å². The maximum absolute atomic E-state index is 12.3. The third-order valence-corrected chi connectivity index (χ3v) is 11.2. The van der Waals surface area contributed by atoms with Gasteiger partial charge in [-0.05, 0) is 61.2 Å². The fraction of sp³-hybridized carbons (Fsp3) is 0.425. The Balaban J connectivity index is 0.000000159. The van der Waals surface area contributed by atoms with E-state index in [1.165, 1.54) is 41.4 Å². The summed E-state index contributed by atoms with van der Waals surface area (Å²) in [7, 11) is 3.13. The first-order chi connectivity index (χ1) is 24.7. The number of aliphatic hydroxyl groups excluding tert-OH is 1. The van der Waals surface area contributed by atoms with Crippen LogP contribution in [0.3, 0.4) is 0 Å². The van der Waals surface area contributed by atoms with E-state index in [-0.39, 0.29) is 29.5 Å². The second-order valence-corrected chi connectivity index (χ2v) is 14.0. The zero-order valence-corrected chi connectivity index (χ0v) is 29.5. The highest BCUT2D eigenvalue weighted by Crippen LogP contribution is 2.47. The van der Waals surface area contributed by atoms with Gasteiger partial charge in [0.25, 0.3) is 0 Å². The predicted molar refractivity (Wildman–Crippen MR) is 195 cm³/mol. The highest BCUT2D eigenvalue weighted by molar-refractivity contribution is 5.89. The molecule has 5 atom stereocenters. The third kappa shape index (κ3) is 6.98. The number of benzene rings is 3. The summed E-state index contributed by atoms with van der Waals surface area (Å²) in [6, 6.07) is 21.3. The second kappa shape index (κ2) is 14.9. The number of β-amino-alcohol motifs (C(OH)–C–C–N with tert-alkyl or cyclic N) is 1. The molecule has 51 heavy (non-hydrogen) atoms. The molecule has 3 aromatic carbocycles. The van der Waals surface area contributed by atoms with Crippen molar-refractivity contribution in [3.63, 3.8) is 0 Å². The molecule has 0 radical (unpaired) electrons. The number of nitrogens with zero attached hydrogens (tertiary/aromatic N) is 3. The fourth-order valence-corrected chi connectivity index (χ4v) is 8.35. The molecule has 11 heteroatoms. The number of para-hydroxylation sites is 3. The molecule has 270 valence electrons. The monoisotopic (exact) mass is 696 g/mol. The number of anilines is 1. The first kappa shape index (κ1) is 34.7. The molecule has 4 aromatic rings. The van der Waals surface area contributed by atoms with Crippen molar-refractivity contribution in [3.8, 4) is 17.2 Å². The number of piperidine rings is 1. The van der Waals surface area contributed by atoms with Crippen molar-refractivity contribution in [1.29, 1.82) is 0 Å².